The molecule has 1 atom stereocenters. The summed E-state index contributed by atoms with van der Waals surface area (Å²) in [6.07, 6.45) is 3.18. The van der Waals surface area contributed by atoms with Gasteiger partial charge in [-0.2, -0.15) is 0 Å². The molecule has 0 radical (unpaired) electrons. The molecule has 1 N–H and O–H groups in total. The van der Waals surface area contributed by atoms with Gasteiger partial charge in [-0.15, -0.1) is 0 Å². The van der Waals surface area contributed by atoms with E-state index in [-0.39, 0.29) is 21.9 Å². The van der Waals surface area contributed by atoms with Crippen LogP contribution in [0.1, 0.15) is 35.2 Å². The molecule has 2 aromatic carbocycles. The number of aliphatic hydroxyl groups excluding tert-OH is 1. The zero-order valence-corrected chi connectivity index (χ0v) is 19.3. The summed E-state index contributed by atoms with van der Waals surface area (Å²) in [5.74, 6) is -1.40. The Balaban J connectivity index is 1.95. The molecule has 1 unspecified atom stereocenters. The first-order valence-corrected chi connectivity index (χ1v) is 10.9. The van der Waals surface area contributed by atoms with Crippen molar-refractivity contribution < 1.29 is 19.4 Å². The van der Waals surface area contributed by atoms with E-state index in [2.05, 4.69) is 4.98 Å². The number of benzene rings is 2. The number of rotatable bonds is 5. The number of anilines is 1. The predicted molar refractivity (Wildman–Crippen MR) is 128 cm³/mol. The maximum atomic E-state index is 13.3. The number of halogens is 1. The molecule has 1 aliphatic rings. The van der Waals surface area contributed by atoms with Gasteiger partial charge in [0, 0.05) is 23.6 Å². The quantitative estimate of drug-likeness (QED) is 0.313. The number of aliphatic hydroxyl groups is 1. The number of carbonyl (C=O) groups is 2. The van der Waals surface area contributed by atoms with Gasteiger partial charge in [-0.05, 0) is 73.9 Å². The Bertz CT molecular complexity index is 1270. The molecule has 7 heteroatoms. The number of ketones is 1. The fraction of sp³-hybridized carbons (Fsp3) is 0.192. The number of amides is 1. The highest BCUT2D eigenvalue weighted by Gasteiger charge is 2.47. The lowest BCUT2D eigenvalue weighted by molar-refractivity contribution is -0.132. The molecule has 1 aliphatic heterocycles. The van der Waals surface area contributed by atoms with Gasteiger partial charge < -0.3 is 9.84 Å². The third-order valence-electron chi connectivity index (χ3n) is 5.72. The van der Waals surface area contributed by atoms with Crippen LogP contribution in [0.5, 0.6) is 5.75 Å². The Labute approximate surface area is 197 Å². The molecule has 2 heterocycles. The molecule has 0 bridgehead atoms. The molecule has 0 aliphatic carbocycles. The maximum absolute atomic E-state index is 13.3. The number of hydrogen-bond acceptors (Lipinski definition) is 5. The summed E-state index contributed by atoms with van der Waals surface area (Å²) in [6, 6.07) is 13.0. The molecule has 0 spiro atoms. The van der Waals surface area contributed by atoms with E-state index in [0.29, 0.717) is 23.6 Å². The second kappa shape index (κ2) is 9.08. The van der Waals surface area contributed by atoms with Crippen LogP contribution in [0.25, 0.3) is 5.76 Å². The zero-order chi connectivity index (χ0) is 23.7. The van der Waals surface area contributed by atoms with Gasteiger partial charge in [0.15, 0.2) is 0 Å². The molecule has 33 heavy (non-hydrogen) atoms. The van der Waals surface area contributed by atoms with Crippen LogP contribution in [0, 0.1) is 13.8 Å². The van der Waals surface area contributed by atoms with Crippen molar-refractivity contribution in [3.63, 3.8) is 0 Å². The topological polar surface area (TPSA) is 79.7 Å². The van der Waals surface area contributed by atoms with Crippen molar-refractivity contribution >= 4 is 34.7 Å². The van der Waals surface area contributed by atoms with Crippen LogP contribution < -0.4 is 9.64 Å². The molecule has 4 rings (SSSR count). The van der Waals surface area contributed by atoms with Crippen LogP contribution in [0.2, 0.25) is 5.02 Å². The van der Waals surface area contributed by atoms with Crippen LogP contribution in [0.15, 0.2) is 66.5 Å². The molecule has 1 fully saturated rings. The third kappa shape index (κ3) is 4.10. The minimum Gasteiger partial charge on any atom is -0.507 e. The Kier molecular flexibility index (Phi) is 6.20. The number of aromatic nitrogens is 1. The zero-order valence-electron chi connectivity index (χ0n) is 18.5. The lowest BCUT2D eigenvalue weighted by Crippen LogP contribution is -2.29. The monoisotopic (exact) mass is 462 g/mol. The van der Waals surface area contributed by atoms with Crippen molar-refractivity contribution in [3.05, 3.63) is 93.8 Å². The second-order valence-electron chi connectivity index (χ2n) is 7.80. The lowest BCUT2D eigenvalue weighted by Gasteiger charge is -2.25. The number of ether oxygens (including phenoxy) is 1. The van der Waals surface area contributed by atoms with Crippen LogP contribution >= 0.6 is 11.6 Å². The van der Waals surface area contributed by atoms with Gasteiger partial charge in [0.1, 0.15) is 11.5 Å². The summed E-state index contributed by atoms with van der Waals surface area (Å²) in [6.45, 7) is 6.17. The Morgan fingerprint density at radius 1 is 1.12 bits per heavy atom. The molecule has 168 valence electrons. The van der Waals surface area contributed by atoms with Crippen LogP contribution in [-0.2, 0) is 9.59 Å². The van der Waals surface area contributed by atoms with E-state index < -0.39 is 17.7 Å². The van der Waals surface area contributed by atoms with Crippen molar-refractivity contribution in [2.45, 2.75) is 26.8 Å². The minimum absolute atomic E-state index is 0.0539. The number of pyridine rings is 1. The first-order valence-electron chi connectivity index (χ1n) is 10.5. The van der Waals surface area contributed by atoms with Crippen molar-refractivity contribution in [3.8, 4) is 5.75 Å². The van der Waals surface area contributed by atoms with Crippen molar-refractivity contribution in [1.82, 2.24) is 4.98 Å². The van der Waals surface area contributed by atoms with E-state index in [1.54, 1.807) is 48.8 Å². The number of nitrogens with zero attached hydrogens (tertiary/aromatic N) is 2. The standard InChI is InChI=1S/C26H23ClN2O4/c1-4-33-19-9-10-21(27)20(13-19)24(30)22-23(17-6-5-11-28-14-17)29(26(32)25(22)31)18-8-7-15(2)16(3)12-18/h5-14,23,30H,4H2,1-3H3/b24-22+. The van der Waals surface area contributed by atoms with Gasteiger partial charge in [0.25, 0.3) is 11.7 Å². The Hall–Kier alpha value is -3.64. The predicted octanol–water partition coefficient (Wildman–Crippen LogP) is 5.38. The highest BCUT2D eigenvalue weighted by atomic mass is 35.5. The third-order valence-corrected chi connectivity index (χ3v) is 6.05. The summed E-state index contributed by atoms with van der Waals surface area (Å²) in [5, 5.41) is 11.5. The van der Waals surface area contributed by atoms with Gasteiger partial charge in [-0.25, -0.2) is 0 Å². The second-order valence-corrected chi connectivity index (χ2v) is 8.21. The summed E-state index contributed by atoms with van der Waals surface area (Å²) >= 11 is 6.37. The molecule has 1 aromatic heterocycles. The van der Waals surface area contributed by atoms with Gasteiger partial charge in [-0.1, -0.05) is 23.7 Å². The lowest BCUT2D eigenvalue weighted by atomic mass is 9.96. The molecule has 6 nitrogen and oxygen atoms in total. The normalized spacial score (nSPS) is 17.5. The van der Waals surface area contributed by atoms with E-state index in [4.69, 9.17) is 16.3 Å². The Morgan fingerprint density at radius 2 is 1.91 bits per heavy atom. The average Bonchev–Trinajstić information content (AvgIpc) is 3.08. The first-order chi connectivity index (χ1) is 15.8. The Morgan fingerprint density at radius 3 is 2.58 bits per heavy atom. The maximum Gasteiger partial charge on any atom is 0.300 e. The summed E-state index contributed by atoms with van der Waals surface area (Å²) in [4.78, 5) is 32.1. The van der Waals surface area contributed by atoms with E-state index in [1.807, 2.05) is 32.9 Å². The van der Waals surface area contributed by atoms with Crippen LogP contribution in [0.4, 0.5) is 5.69 Å². The van der Waals surface area contributed by atoms with Crippen LogP contribution in [0.3, 0.4) is 0 Å². The molecule has 3 aromatic rings. The number of Topliss-reactive ketones (excluding diaryl/α,β-unsaturated/α-hetero) is 1. The van der Waals surface area contributed by atoms with Crippen molar-refractivity contribution in [2.24, 2.45) is 0 Å². The van der Waals surface area contributed by atoms with Gasteiger partial charge >= 0.3 is 0 Å². The molecule has 1 saturated heterocycles. The van der Waals surface area contributed by atoms with Gasteiger partial charge in [0.05, 0.1) is 23.2 Å². The smallest absolute Gasteiger partial charge is 0.300 e. The van der Waals surface area contributed by atoms with Crippen molar-refractivity contribution in [2.75, 3.05) is 11.5 Å². The highest BCUT2D eigenvalue weighted by Crippen LogP contribution is 2.43. The molecule has 0 saturated carbocycles. The van der Waals surface area contributed by atoms with Crippen LogP contribution in [-0.4, -0.2) is 28.4 Å². The average molecular weight is 463 g/mol. The SMILES string of the molecule is CCOc1ccc(Cl)c(/C(O)=C2\C(=O)C(=O)N(c3ccc(C)c(C)c3)C2c2cccnc2)c1. The fourth-order valence-corrected chi connectivity index (χ4v) is 4.12. The fourth-order valence-electron chi connectivity index (χ4n) is 3.91. The van der Waals surface area contributed by atoms with E-state index in [1.165, 1.54) is 4.90 Å². The van der Waals surface area contributed by atoms with E-state index in [9.17, 15) is 14.7 Å². The summed E-state index contributed by atoms with van der Waals surface area (Å²) in [7, 11) is 0. The van der Waals surface area contributed by atoms with E-state index in [0.717, 1.165) is 11.1 Å². The molecule has 1 amide bonds. The summed E-state index contributed by atoms with van der Waals surface area (Å²) in [5.41, 5.74) is 3.35. The van der Waals surface area contributed by atoms with Crippen molar-refractivity contribution in [1.29, 1.82) is 0 Å². The summed E-state index contributed by atoms with van der Waals surface area (Å²) < 4.78 is 5.52. The largest absolute Gasteiger partial charge is 0.507 e. The minimum atomic E-state index is -0.868. The van der Waals surface area contributed by atoms with Gasteiger partial charge in [-0.3, -0.25) is 19.5 Å². The van der Waals surface area contributed by atoms with E-state index >= 15 is 0 Å². The van der Waals surface area contributed by atoms with Gasteiger partial charge in [0.2, 0.25) is 0 Å². The number of aryl methyl sites for hydroxylation is 2. The highest BCUT2D eigenvalue weighted by molar-refractivity contribution is 6.52. The molecular formula is C26H23ClN2O4. The number of hydrogen-bond donors (Lipinski definition) is 1. The number of carbonyl (C=O) groups excluding carboxylic acids is 2. The first kappa shape index (κ1) is 22.6. The molecular weight excluding hydrogens is 440 g/mol.